The summed E-state index contributed by atoms with van der Waals surface area (Å²) < 4.78 is 0. The molecule has 1 nitrogen and oxygen atoms in total. The molecule has 84 valence electrons. The summed E-state index contributed by atoms with van der Waals surface area (Å²) in [4.78, 5) is 12.2. The maximum Gasteiger partial charge on any atom is 0.136 e. The van der Waals surface area contributed by atoms with Gasteiger partial charge in [-0.05, 0) is 49.4 Å². The second-order valence-corrected chi connectivity index (χ2v) is 6.01. The molecule has 0 bridgehead atoms. The summed E-state index contributed by atoms with van der Waals surface area (Å²) >= 11 is 0. The lowest BCUT2D eigenvalue weighted by Crippen LogP contribution is -2.41. The molecule has 0 aromatic carbocycles. The summed E-state index contributed by atoms with van der Waals surface area (Å²) in [5.41, 5.74) is 0.496. The molecule has 3 aliphatic rings. The third-order valence-corrected chi connectivity index (χ3v) is 5.69. The van der Waals surface area contributed by atoms with E-state index in [1.807, 2.05) is 0 Å². The van der Waals surface area contributed by atoms with Gasteiger partial charge in [0.05, 0.1) is 0 Å². The number of carbonyl (C=O) groups is 1. The van der Waals surface area contributed by atoms with Crippen LogP contribution in [0.15, 0.2) is 0 Å². The summed E-state index contributed by atoms with van der Waals surface area (Å²) in [5, 5.41) is 0. The summed E-state index contributed by atoms with van der Waals surface area (Å²) in [6.07, 6.45) is 10.2. The number of hydrogen-bond donors (Lipinski definition) is 0. The number of Topliss-reactive ketones (excluding diaryl/α,β-unsaturated/α-hetero) is 1. The Morgan fingerprint density at radius 3 is 2.93 bits per heavy atom. The lowest BCUT2D eigenvalue weighted by molar-refractivity contribution is -0.133. The van der Waals surface area contributed by atoms with Gasteiger partial charge in [0, 0.05) is 12.3 Å². The lowest BCUT2D eigenvalue weighted by Gasteiger charge is -2.42. The molecular weight excluding hydrogens is 184 g/mol. The Morgan fingerprint density at radius 1 is 1.27 bits per heavy atom. The first kappa shape index (κ1) is 9.86. The van der Waals surface area contributed by atoms with Gasteiger partial charge >= 0.3 is 0 Å². The number of carbonyl (C=O) groups excluding carboxylic acids is 1. The van der Waals surface area contributed by atoms with Crippen LogP contribution >= 0.6 is 0 Å². The molecule has 0 aliphatic heterocycles. The van der Waals surface area contributed by atoms with Gasteiger partial charge in [0.25, 0.3) is 0 Å². The minimum Gasteiger partial charge on any atom is -0.299 e. The lowest BCUT2D eigenvalue weighted by atomic mass is 9.61. The molecule has 0 aromatic heterocycles. The highest BCUT2D eigenvalue weighted by molar-refractivity contribution is 5.83. The smallest absolute Gasteiger partial charge is 0.136 e. The quantitative estimate of drug-likeness (QED) is 0.641. The van der Waals surface area contributed by atoms with Crippen LogP contribution in [0.4, 0.5) is 0 Å². The van der Waals surface area contributed by atoms with Crippen molar-refractivity contribution in [3.63, 3.8) is 0 Å². The predicted octanol–water partition coefficient (Wildman–Crippen LogP) is 3.57. The van der Waals surface area contributed by atoms with Crippen molar-refractivity contribution < 1.29 is 4.79 Å². The SMILES string of the molecule is CCC1CC[C@]23CCC[C@H]2CCC(=O)[C@H]13. The highest BCUT2D eigenvalue weighted by Gasteiger charge is 2.58. The normalized spacial score (nSPS) is 49.1. The average molecular weight is 206 g/mol. The van der Waals surface area contributed by atoms with E-state index in [9.17, 15) is 4.79 Å². The number of hydrogen-bond acceptors (Lipinski definition) is 1. The summed E-state index contributed by atoms with van der Waals surface area (Å²) in [6.45, 7) is 2.27. The van der Waals surface area contributed by atoms with E-state index in [1.165, 1.54) is 44.9 Å². The van der Waals surface area contributed by atoms with Gasteiger partial charge in [0.2, 0.25) is 0 Å². The molecule has 15 heavy (non-hydrogen) atoms. The van der Waals surface area contributed by atoms with Crippen LogP contribution < -0.4 is 0 Å². The summed E-state index contributed by atoms with van der Waals surface area (Å²) in [6, 6.07) is 0. The fourth-order valence-electron chi connectivity index (χ4n) is 5.08. The molecule has 3 rings (SSSR count). The zero-order valence-corrected chi connectivity index (χ0v) is 9.80. The fraction of sp³-hybridized carbons (Fsp3) is 0.929. The second-order valence-electron chi connectivity index (χ2n) is 6.01. The van der Waals surface area contributed by atoms with E-state index in [2.05, 4.69) is 6.92 Å². The van der Waals surface area contributed by atoms with Gasteiger partial charge in [-0.1, -0.05) is 19.8 Å². The molecule has 0 N–H and O–H groups in total. The third-order valence-electron chi connectivity index (χ3n) is 5.69. The van der Waals surface area contributed by atoms with Gasteiger partial charge in [0.1, 0.15) is 5.78 Å². The Morgan fingerprint density at radius 2 is 2.13 bits per heavy atom. The van der Waals surface area contributed by atoms with Gasteiger partial charge in [0.15, 0.2) is 0 Å². The zero-order chi connectivity index (χ0) is 10.5. The van der Waals surface area contributed by atoms with Crippen molar-refractivity contribution in [3.05, 3.63) is 0 Å². The molecule has 0 aromatic rings. The molecule has 0 heterocycles. The van der Waals surface area contributed by atoms with E-state index in [4.69, 9.17) is 0 Å². The predicted molar refractivity (Wildman–Crippen MR) is 60.5 cm³/mol. The molecule has 0 amide bonds. The van der Waals surface area contributed by atoms with E-state index in [1.54, 1.807) is 0 Å². The fourth-order valence-corrected chi connectivity index (χ4v) is 5.08. The number of rotatable bonds is 1. The van der Waals surface area contributed by atoms with Crippen LogP contribution in [0.25, 0.3) is 0 Å². The van der Waals surface area contributed by atoms with Gasteiger partial charge in [-0.15, -0.1) is 0 Å². The third kappa shape index (κ3) is 1.18. The minimum atomic E-state index is 0.476. The molecule has 3 aliphatic carbocycles. The van der Waals surface area contributed by atoms with E-state index >= 15 is 0 Å². The molecule has 3 saturated carbocycles. The van der Waals surface area contributed by atoms with Crippen molar-refractivity contribution in [1.29, 1.82) is 0 Å². The highest BCUT2D eigenvalue weighted by Crippen LogP contribution is 2.63. The van der Waals surface area contributed by atoms with Crippen LogP contribution in [-0.2, 0) is 4.79 Å². The van der Waals surface area contributed by atoms with Crippen LogP contribution in [0.2, 0.25) is 0 Å². The Balaban J connectivity index is 1.97. The Hall–Kier alpha value is -0.330. The minimum absolute atomic E-state index is 0.476. The maximum atomic E-state index is 12.2. The maximum absolute atomic E-state index is 12.2. The van der Waals surface area contributed by atoms with Crippen molar-refractivity contribution in [1.82, 2.24) is 0 Å². The highest BCUT2D eigenvalue weighted by atomic mass is 16.1. The van der Waals surface area contributed by atoms with Gasteiger partial charge in [-0.2, -0.15) is 0 Å². The molecule has 1 spiro atoms. The first-order chi connectivity index (χ1) is 7.28. The summed E-state index contributed by atoms with van der Waals surface area (Å²) in [7, 11) is 0. The zero-order valence-electron chi connectivity index (χ0n) is 9.80. The Bertz CT molecular complexity index is 283. The van der Waals surface area contributed by atoms with Crippen molar-refractivity contribution in [2.75, 3.05) is 0 Å². The topological polar surface area (TPSA) is 17.1 Å². The van der Waals surface area contributed by atoms with Crippen molar-refractivity contribution in [3.8, 4) is 0 Å². The van der Waals surface area contributed by atoms with Crippen LogP contribution in [-0.4, -0.2) is 5.78 Å². The molecule has 1 heteroatoms. The molecule has 0 radical (unpaired) electrons. The van der Waals surface area contributed by atoms with Crippen LogP contribution in [0.1, 0.15) is 58.3 Å². The number of ketones is 1. The van der Waals surface area contributed by atoms with Crippen molar-refractivity contribution in [2.45, 2.75) is 58.3 Å². The molecule has 3 fully saturated rings. The van der Waals surface area contributed by atoms with E-state index in [-0.39, 0.29) is 0 Å². The van der Waals surface area contributed by atoms with E-state index in [0.717, 1.165) is 18.3 Å². The molecule has 1 unspecified atom stereocenters. The molecule has 0 saturated heterocycles. The Kier molecular flexibility index (Phi) is 2.19. The van der Waals surface area contributed by atoms with E-state index < -0.39 is 0 Å². The first-order valence-electron chi connectivity index (χ1n) is 6.80. The van der Waals surface area contributed by atoms with Gasteiger partial charge in [-0.25, -0.2) is 0 Å². The average Bonchev–Trinajstić information content (AvgIpc) is 2.81. The van der Waals surface area contributed by atoms with Crippen molar-refractivity contribution in [2.24, 2.45) is 23.2 Å². The van der Waals surface area contributed by atoms with Gasteiger partial charge in [-0.3, -0.25) is 4.79 Å². The monoisotopic (exact) mass is 206 g/mol. The van der Waals surface area contributed by atoms with Crippen LogP contribution in [0, 0.1) is 23.2 Å². The van der Waals surface area contributed by atoms with Crippen LogP contribution in [0.5, 0.6) is 0 Å². The summed E-state index contributed by atoms with van der Waals surface area (Å²) in [5.74, 6) is 2.75. The molecular formula is C14H22O. The first-order valence-corrected chi connectivity index (χ1v) is 6.80. The standard InChI is InChI=1S/C14H22O/c1-2-10-7-9-14-8-3-4-11(14)5-6-12(15)13(10)14/h10-11,13H,2-9H2,1H3/t10?,11-,13-,14+/m0/s1. The van der Waals surface area contributed by atoms with E-state index in [0.29, 0.717) is 17.1 Å². The van der Waals surface area contributed by atoms with Gasteiger partial charge < -0.3 is 0 Å². The van der Waals surface area contributed by atoms with Crippen molar-refractivity contribution >= 4 is 5.78 Å². The van der Waals surface area contributed by atoms with Crippen LogP contribution in [0.3, 0.4) is 0 Å². The largest absolute Gasteiger partial charge is 0.299 e. The second kappa shape index (κ2) is 3.33. The Labute approximate surface area is 92.6 Å². The molecule has 4 atom stereocenters.